The Morgan fingerprint density at radius 2 is 1.97 bits per heavy atom. The van der Waals surface area contributed by atoms with Crippen LogP contribution >= 0.6 is 0 Å². The van der Waals surface area contributed by atoms with Gasteiger partial charge >= 0.3 is 6.18 Å². The van der Waals surface area contributed by atoms with Gasteiger partial charge in [-0.25, -0.2) is 0 Å². The van der Waals surface area contributed by atoms with Crippen molar-refractivity contribution in [1.29, 1.82) is 0 Å². The molecule has 1 unspecified atom stereocenters. The summed E-state index contributed by atoms with van der Waals surface area (Å²) >= 11 is 0. The van der Waals surface area contributed by atoms with Crippen LogP contribution in [-0.4, -0.2) is 36.5 Å². The van der Waals surface area contributed by atoms with E-state index < -0.39 is 17.6 Å². The second kappa shape index (κ2) is 7.09. The molecular weight excluding hydrogens is 383 g/mol. The molecule has 0 spiro atoms. The third kappa shape index (κ3) is 3.43. The molecule has 2 aromatic carbocycles. The summed E-state index contributed by atoms with van der Waals surface area (Å²) < 4.78 is 39.4. The fourth-order valence-electron chi connectivity index (χ4n) is 4.08. The molecule has 1 saturated heterocycles. The maximum atomic E-state index is 13.1. The maximum absolute atomic E-state index is 13.1. The number of carbonyl (C=O) groups is 2. The van der Waals surface area contributed by atoms with Gasteiger partial charge in [0.1, 0.15) is 6.17 Å². The van der Waals surface area contributed by atoms with Crippen LogP contribution in [0.15, 0.2) is 42.5 Å². The van der Waals surface area contributed by atoms with Crippen molar-refractivity contribution in [3.8, 4) is 0 Å². The van der Waals surface area contributed by atoms with Crippen LogP contribution < -0.4 is 10.2 Å². The summed E-state index contributed by atoms with van der Waals surface area (Å²) in [4.78, 5) is 29.0. The summed E-state index contributed by atoms with van der Waals surface area (Å²) in [6.45, 7) is 0.477. The first-order chi connectivity index (χ1) is 13.8. The molecule has 29 heavy (non-hydrogen) atoms. The molecular formula is C21H20F3N3O2. The number of anilines is 1. The molecule has 0 radical (unpaired) electrons. The van der Waals surface area contributed by atoms with Crippen molar-refractivity contribution in [3.05, 3.63) is 64.7 Å². The smallest absolute Gasteiger partial charge is 0.354 e. The zero-order chi connectivity index (χ0) is 20.8. The molecule has 2 amide bonds. The largest absolute Gasteiger partial charge is 0.416 e. The molecule has 152 valence electrons. The first-order valence-electron chi connectivity index (χ1n) is 9.38. The Morgan fingerprint density at radius 3 is 2.72 bits per heavy atom. The quantitative estimate of drug-likeness (QED) is 0.851. The molecule has 0 aliphatic carbocycles. The Bertz CT molecular complexity index is 974. The maximum Gasteiger partial charge on any atom is 0.416 e. The molecule has 2 aromatic rings. The minimum atomic E-state index is -4.48. The van der Waals surface area contributed by atoms with Crippen LogP contribution in [0.5, 0.6) is 0 Å². The number of alkyl halides is 3. The fourth-order valence-corrected chi connectivity index (χ4v) is 4.08. The number of fused-ring (bicyclic) bond motifs is 2. The first-order valence-corrected chi connectivity index (χ1v) is 9.38. The zero-order valence-electron chi connectivity index (χ0n) is 15.8. The highest BCUT2D eigenvalue weighted by atomic mass is 19.4. The van der Waals surface area contributed by atoms with E-state index in [0.717, 1.165) is 18.9 Å². The van der Waals surface area contributed by atoms with E-state index in [1.54, 1.807) is 12.1 Å². The lowest BCUT2D eigenvalue weighted by molar-refractivity contribution is -0.138. The molecule has 8 heteroatoms. The topological polar surface area (TPSA) is 52.7 Å². The van der Waals surface area contributed by atoms with Crippen molar-refractivity contribution in [1.82, 2.24) is 10.2 Å². The van der Waals surface area contributed by atoms with Crippen LogP contribution in [0.25, 0.3) is 0 Å². The third-order valence-electron chi connectivity index (χ3n) is 5.56. The lowest BCUT2D eigenvalue weighted by Crippen LogP contribution is -2.50. The van der Waals surface area contributed by atoms with Gasteiger partial charge in [0.15, 0.2) is 0 Å². The van der Waals surface area contributed by atoms with Crippen molar-refractivity contribution in [2.24, 2.45) is 0 Å². The highest BCUT2D eigenvalue weighted by Crippen LogP contribution is 2.35. The number of nitrogens with zero attached hydrogens (tertiary/aromatic N) is 2. The Labute approximate surface area is 166 Å². The van der Waals surface area contributed by atoms with Gasteiger partial charge < -0.3 is 15.1 Å². The molecule has 0 aromatic heterocycles. The molecule has 0 bridgehead atoms. The van der Waals surface area contributed by atoms with E-state index >= 15 is 0 Å². The SMILES string of the molecule is CN1c2cc(C(=O)NCc3ccccc3C(F)(F)F)ccc2C(=O)N2CCCC21. The highest BCUT2D eigenvalue weighted by molar-refractivity contribution is 6.04. The van der Waals surface area contributed by atoms with Gasteiger partial charge in [-0.05, 0) is 42.7 Å². The summed E-state index contributed by atoms with van der Waals surface area (Å²) in [5, 5.41) is 2.55. The van der Waals surface area contributed by atoms with Crippen molar-refractivity contribution in [2.75, 3.05) is 18.5 Å². The molecule has 2 heterocycles. The van der Waals surface area contributed by atoms with Gasteiger partial charge in [0.05, 0.1) is 16.8 Å². The van der Waals surface area contributed by atoms with Crippen LogP contribution in [0.1, 0.15) is 44.7 Å². The van der Waals surface area contributed by atoms with Gasteiger partial charge in [-0.3, -0.25) is 9.59 Å². The molecule has 0 saturated carbocycles. The third-order valence-corrected chi connectivity index (χ3v) is 5.56. The normalized spacial score (nSPS) is 18.5. The van der Waals surface area contributed by atoms with Crippen molar-refractivity contribution >= 4 is 17.5 Å². The zero-order valence-corrected chi connectivity index (χ0v) is 15.8. The first kappa shape index (κ1) is 19.3. The minimum absolute atomic E-state index is 0.000188. The second-order valence-corrected chi connectivity index (χ2v) is 7.30. The van der Waals surface area contributed by atoms with E-state index in [1.807, 2.05) is 16.8 Å². The van der Waals surface area contributed by atoms with Crippen LogP contribution in [0.3, 0.4) is 0 Å². The number of carbonyl (C=O) groups excluding carboxylic acids is 2. The van der Waals surface area contributed by atoms with E-state index in [-0.39, 0.29) is 24.2 Å². The molecule has 1 fully saturated rings. The van der Waals surface area contributed by atoms with Crippen molar-refractivity contribution in [3.63, 3.8) is 0 Å². The number of rotatable bonds is 3. The fraction of sp³-hybridized carbons (Fsp3) is 0.333. The molecule has 1 N–H and O–H groups in total. The summed E-state index contributed by atoms with van der Waals surface area (Å²) in [6.07, 6.45) is -2.71. The van der Waals surface area contributed by atoms with E-state index in [9.17, 15) is 22.8 Å². The number of nitrogens with one attached hydrogen (secondary N) is 1. The molecule has 2 aliphatic heterocycles. The lowest BCUT2D eigenvalue weighted by Gasteiger charge is -2.40. The minimum Gasteiger partial charge on any atom is -0.354 e. The summed E-state index contributed by atoms with van der Waals surface area (Å²) in [6, 6.07) is 9.94. The number of hydrogen-bond acceptors (Lipinski definition) is 3. The van der Waals surface area contributed by atoms with E-state index in [4.69, 9.17) is 0 Å². The Kier molecular flexibility index (Phi) is 4.72. The Hall–Kier alpha value is -3.03. The van der Waals surface area contributed by atoms with E-state index in [0.29, 0.717) is 23.4 Å². The van der Waals surface area contributed by atoms with Crippen molar-refractivity contribution < 1.29 is 22.8 Å². The predicted octanol–water partition coefficient (Wildman–Crippen LogP) is 3.65. The van der Waals surface area contributed by atoms with Gasteiger partial charge in [0.25, 0.3) is 11.8 Å². The Balaban J connectivity index is 1.54. The number of amides is 2. The van der Waals surface area contributed by atoms with Crippen LogP contribution in [0.2, 0.25) is 0 Å². The van der Waals surface area contributed by atoms with Crippen molar-refractivity contribution in [2.45, 2.75) is 31.7 Å². The standard InChI is InChI=1S/C21H20F3N3O2/c1-26-17-11-13(8-9-15(17)20(29)27-10-4-7-18(26)27)19(28)25-12-14-5-2-3-6-16(14)21(22,23)24/h2-3,5-6,8-9,11,18H,4,7,10,12H2,1H3,(H,25,28). The summed E-state index contributed by atoms with van der Waals surface area (Å²) in [5.74, 6) is -0.536. The summed E-state index contributed by atoms with van der Waals surface area (Å²) in [5.41, 5.74) is 0.739. The second-order valence-electron chi connectivity index (χ2n) is 7.30. The molecule has 1 atom stereocenters. The highest BCUT2D eigenvalue weighted by Gasteiger charge is 2.39. The van der Waals surface area contributed by atoms with Crippen LogP contribution in [0.4, 0.5) is 18.9 Å². The number of hydrogen-bond donors (Lipinski definition) is 1. The number of halogens is 3. The van der Waals surface area contributed by atoms with Gasteiger partial charge in [0, 0.05) is 25.7 Å². The monoisotopic (exact) mass is 403 g/mol. The van der Waals surface area contributed by atoms with Gasteiger partial charge in [0.2, 0.25) is 0 Å². The Morgan fingerprint density at radius 1 is 1.21 bits per heavy atom. The molecule has 2 aliphatic rings. The number of benzene rings is 2. The molecule has 4 rings (SSSR count). The van der Waals surface area contributed by atoms with E-state index in [2.05, 4.69) is 5.32 Å². The van der Waals surface area contributed by atoms with Gasteiger partial charge in [-0.2, -0.15) is 13.2 Å². The van der Waals surface area contributed by atoms with E-state index in [1.165, 1.54) is 24.3 Å². The average Bonchev–Trinajstić information content (AvgIpc) is 3.20. The average molecular weight is 403 g/mol. The van der Waals surface area contributed by atoms with Gasteiger partial charge in [-0.1, -0.05) is 18.2 Å². The van der Waals surface area contributed by atoms with Gasteiger partial charge in [-0.15, -0.1) is 0 Å². The predicted molar refractivity (Wildman–Crippen MR) is 102 cm³/mol. The lowest BCUT2D eigenvalue weighted by atomic mass is 10.0. The van der Waals surface area contributed by atoms with Crippen LogP contribution in [-0.2, 0) is 12.7 Å². The summed E-state index contributed by atoms with van der Waals surface area (Å²) in [7, 11) is 1.88. The van der Waals surface area contributed by atoms with Crippen LogP contribution in [0, 0.1) is 0 Å². The molecule has 5 nitrogen and oxygen atoms in total.